The van der Waals surface area contributed by atoms with Gasteiger partial charge in [-0.3, -0.25) is 0 Å². The van der Waals surface area contributed by atoms with Crippen molar-refractivity contribution >= 4 is 11.6 Å². The Kier molecular flexibility index (Phi) is 4.31. The highest BCUT2D eigenvalue weighted by Gasteiger charge is 2.27. The van der Waals surface area contributed by atoms with Crippen LogP contribution in [0, 0.1) is 5.41 Å². The molecule has 1 fully saturated rings. The molecular weight excluding hydrogens is 246 g/mol. The van der Waals surface area contributed by atoms with E-state index in [1.54, 1.807) is 0 Å². The highest BCUT2D eigenvalue weighted by Crippen LogP contribution is 2.31. The van der Waals surface area contributed by atoms with Crippen LogP contribution in [0.15, 0.2) is 24.3 Å². The summed E-state index contributed by atoms with van der Waals surface area (Å²) < 4.78 is 6.18. The normalized spacial score (nSPS) is 25.1. The summed E-state index contributed by atoms with van der Waals surface area (Å²) in [7, 11) is 0. The van der Waals surface area contributed by atoms with E-state index in [9.17, 15) is 0 Å². The SMILES string of the molecule is CC(C)(C)CC1CNCC(c2ccccc2Cl)O1. The molecule has 1 aliphatic rings. The predicted octanol–water partition coefficient (Wildman–Crippen LogP) is 3.81. The summed E-state index contributed by atoms with van der Waals surface area (Å²) in [5.74, 6) is 0. The number of halogens is 1. The number of hydrogen-bond donors (Lipinski definition) is 1. The standard InChI is InChI=1S/C15H22ClNO/c1-15(2,3)8-11-9-17-10-14(18-11)12-6-4-5-7-13(12)16/h4-7,11,14,17H,8-10H2,1-3H3. The van der Waals surface area contributed by atoms with Gasteiger partial charge in [0.1, 0.15) is 0 Å². The van der Waals surface area contributed by atoms with Gasteiger partial charge < -0.3 is 10.1 Å². The monoisotopic (exact) mass is 267 g/mol. The molecule has 0 spiro atoms. The summed E-state index contributed by atoms with van der Waals surface area (Å²) in [5.41, 5.74) is 1.37. The topological polar surface area (TPSA) is 21.3 Å². The minimum Gasteiger partial charge on any atom is -0.368 e. The molecule has 1 saturated heterocycles. The summed E-state index contributed by atoms with van der Waals surface area (Å²) in [6.07, 6.45) is 1.39. The Hall–Kier alpha value is -0.570. The Balaban J connectivity index is 2.05. The van der Waals surface area contributed by atoms with E-state index in [-0.39, 0.29) is 17.6 Å². The molecule has 2 rings (SSSR count). The third-order valence-corrected chi connectivity index (χ3v) is 3.49. The lowest BCUT2D eigenvalue weighted by Gasteiger charge is -2.35. The molecule has 0 aromatic heterocycles. The van der Waals surface area contributed by atoms with Gasteiger partial charge in [0.05, 0.1) is 12.2 Å². The molecule has 18 heavy (non-hydrogen) atoms. The van der Waals surface area contributed by atoms with Crippen LogP contribution in [-0.4, -0.2) is 19.2 Å². The van der Waals surface area contributed by atoms with E-state index in [1.807, 2.05) is 24.3 Å². The Morgan fingerprint density at radius 1 is 1.28 bits per heavy atom. The van der Waals surface area contributed by atoms with E-state index in [0.29, 0.717) is 0 Å². The molecule has 1 N–H and O–H groups in total. The third-order valence-electron chi connectivity index (χ3n) is 3.15. The van der Waals surface area contributed by atoms with Gasteiger partial charge in [0.25, 0.3) is 0 Å². The van der Waals surface area contributed by atoms with Crippen LogP contribution in [0.5, 0.6) is 0 Å². The zero-order valence-electron chi connectivity index (χ0n) is 11.4. The van der Waals surface area contributed by atoms with Gasteiger partial charge in [0.15, 0.2) is 0 Å². The summed E-state index contributed by atoms with van der Waals surface area (Å²) in [6.45, 7) is 8.50. The molecule has 0 bridgehead atoms. The second-order valence-corrected chi connectivity index (χ2v) is 6.60. The van der Waals surface area contributed by atoms with Gasteiger partial charge in [-0.1, -0.05) is 50.6 Å². The van der Waals surface area contributed by atoms with Crippen molar-refractivity contribution in [3.8, 4) is 0 Å². The van der Waals surface area contributed by atoms with Crippen molar-refractivity contribution in [2.24, 2.45) is 5.41 Å². The van der Waals surface area contributed by atoms with Crippen molar-refractivity contribution in [3.05, 3.63) is 34.9 Å². The van der Waals surface area contributed by atoms with Crippen molar-refractivity contribution in [3.63, 3.8) is 0 Å². The van der Waals surface area contributed by atoms with Crippen molar-refractivity contribution in [2.75, 3.05) is 13.1 Å². The van der Waals surface area contributed by atoms with Crippen molar-refractivity contribution in [1.29, 1.82) is 0 Å². The lowest BCUT2D eigenvalue weighted by Crippen LogP contribution is -2.42. The highest BCUT2D eigenvalue weighted by atomic mass is 35.5. The minimum atomic E-state index is 0.0693. The number of nitrogens with one attached hydrogen (secondary N) is 1. The Labute approximate surface area is 115 Å². The summed E-state index contributed by atoms with van der Waals surface area (Å²) in [4.78, 5) is 0. The maximum atomic E-state index is 6.23. The lowest BCUT2D eigenvalue weighted by atomic mass is 9.88. The fourth-order valence-electron chi connectivity index (χ4n) is 2.43. The number of morpholine rings is 1. The van der Waals surface area contributed by atoms with Crippen LogP contribution in [0.1, 0.15) is 38.9 Å². The fourth-order valence-corrected chi connectivity index (χ4v) is 2.68. The number of rotatable bonds is 2. The molecule has 0 aliphatic carbocycles. The molecule has 1 aliphatic heterocycles. The second kappa shape index (κ2) is 5.60. The molecule has 2 unspecified atom stereocenters. The number of ether oxygens (including phenoxy) is 1. The molecule has 1 heterocycles. The molecule has 0 radical (unpaired) electrons. The predicted molar refractivity (Wildman–Crippen MR) is 76.0 cm³/mol. The molecule has 1 aromatic rings. The molecule has 100 valence electrons. The van der Waals surface area contributed by atoms with Gasteiger partial charge in [-0.25, -0.2) is 0 Å². The van der Waals surface area contributed by atoms with Crippen LogP contribution in [0.25, 0.3) is 0 Å². The van der Waals surface area contributed by atoms with Crippen LogP contribution in [-0.2, 0) is 4.74 Å². The summed E-state index contributed by atoms with van der Waals surface area (Å²) in [5, 5.41) is 4.24. The first kappa shape index (κ1) is 13.9. The van der Waals surface area contributed by atoms with E-state index in [1.165, 1.54) is 0 Å². The van der Waals surface area contributed by atoms with E-state index in [2.05, 4.69) is 26.1 Å². The van der Waals surface area contributed by atoms with Crippen LogP contribution < -0.4 is 5.32 Å². The Morgan fingerprint density at radius 3 is 2.67 bits per heavy atom. The minimum absolute atomic E-state index is 0.0693. The molecule has 2 nitrogen and oxygen atoms in total. The fraction of sp³-hybridized carbons (Fsp3) is 0.600. The first-order valence-electron chi connectivity index (χ1n) is 6.56. The number of benzene rings is 1. The van der Waals surface area contributed by atoms with Gasteiger partial charge in [0, 0.05) is 23.7 Å². The second-order valence-electron chi connectivity index (χ2n) is 6.19. The zero-order chi connectivity index (χ0) is 13.2. The van der Waals surface area contributed by atoms with Crippen molar-refractivity contribution in [1.82, 2.24) is 5.32 Å². The van der Waals surface area contributed by atoms with Crippen LogP contribution in [0.3, 0.4) is 0 Å². The van der Waals surface area contributed by atoms with Crippen LogP contribution >= 0.6 is 11.6 Å². The molecule has 0 amide bonds. The summed E-state index contributed by atoms with van der Waals surface area (Å²) in [6, 6.07) is 7.94. The van der Waals surface area contributed by atoms with Gasteiger partial charge in [-0.05, 0) is 17.9 Å². The third kappa shape index (κ3) is 3.71. The van der Waals surface area contributed by atoms with Gasteiger partial charge >= 0.3 is 0 Å². The average Bonchev–Trinajstić information content (AvgIpc) is 2.27. The van der Waals surface area contributed by atoms with E-state index >= 15 is 0 Å². The maximum Gasteiger partial charge on any atom is 0.0968 e. The van der Waals surface area contributed by atoms with Gasteiger partial charge in [0.2, 0.25) is 0 Å². The quantitative estimate of drug-likeness (QED) is 0.880. The Morgan fingerprint density at radius 2 is 2.00 bits per heavy atom. The van der Waals surface area contributed by atoms with E-state index in [4.69, 9.17) is 16.3 Å². The van der Waals surface area contributed by atoms with Gasteiger partial charge in [-0.2, -0.15) is 0 Å². The molecule has 0 saturated carbocycles. The summed E-state index contributed by atoms with van der Waals surface area (Å²) >= 11 is 6.23. The van der Waals surface area contributed by atoms with E-state index < -0.39 is 0 Å². The molecule has 1 aromatic carbocycles. The van der Waals surface area contributed by atoms with Gasteiger partial charge in [-0.15, -0.1) is 0 Å². The average molecular weight is 268 g/mol. The first-order valence-corrected chi connectivity index (χ1v) is 6.94. The smallest absolute Gasteiger partial charge is 0.0968 e. The lowest BCUT2D eigenvalue weighted by molar-refractivity contribution is -0.0552. The largest absolute Gasteiger partial charge is 0.368 e. The maximum absolute atomic E-state index is 6.23. The van der Waals surface area contributed by atoms with Crippen molar-refractivity contribution < 1.29 is 4.74 Å². The van der Waals surface area contributed by atoms with Crippen molar-refractivity contribution in [2.45, 2.75) is 39.4 Å². The Bertz CT molecular complexity index is 400. The highest BCUT2D eigenvalue weighted by molar-refractivity contribution is 6.31. The molecule has 3 heteroatoms. The zero-order valence-corrected chi connectivity index (χ0v) is 12.1. The first-order chi connectivity index (χ1) is 8.46. The van der Waals surface area contributed by atoms with Crippen LogP contribution in [0.4, 0.5) is 0 Å². The molecule has 2 atom stereocenters. The number of hydrogen-bond acceptors (Lipinski definition) is 2. The molecular formula is C15H22ClNO. The van der Waals surface area contributed by atoms with E-state index in [0.717, 1.165) is 30.1 Å². The van der Waals surface area contributed by atoms with Crippen LogP contribution in [0.2, 0.25) is 5.02 Å².